The minimum absolute atomic E-state index is 0.0370. The molecule has 1 atom stereocenters. The summed E-state index contributed by atoms with van der Waals surface area (Å²) in [6, 6.07) is 5.66. The summed E-state index contributed by atoms with van der Waals surface area (Å²) < 4.78 is 5.68. The van der Waals surface area contributed by atoms with Gasteiger partial charge in [-0.05, 0) is 38.3 Å². The lowest BCUT2D eigenvalue weighted by Gasteiger charge is -2.21. The number of ether oxygens (including phenoxy) is 1. The molecule has 1 aliphatic rings. The van der Waals surface area contributed by atoms with Crippen LogP contribution in [0.15, 0.2) is 18.2 Å². The van der Waals surface area contributed by atoms with Crippen LogP contribution in [-0.4, -0.2) is 35.6 Å². The van der Waals surface area contributed by atoms with E-state index in [9.17, 15) is 9.90 Å². The van der Waals surface area contributed by atoms with Crippen molar-refractivity contribution in [3.05, 3.63) is 29.3 Å². The Morgan fingerprint density at radius 3 is 2.57 bits per heavy atom. The minimum Gasteiger partial charge on any atom is -0.483 e. The molecule has 1 aromatic carbocycles. The number of aliphatic hydroxyl groups excluding tert-OH is 1. The van der Waals surface area contributed by atoms with Gasteiger partial charge in [0.15, 0.2) is 6.61 Å². The van der Waals surface area contributed by atoms with Gasteiger partial charge in [0.2, 0.25) is 0 Å². The summed E-state index contributed by atoms with van der Waals surface area (Å²) in [6.07, 6.45) is 3.96. The zero-order chi connectivity index (χ0) is 15.2. The molecule has 1 amide bonds. The van der Waals surface area contributed by atoms with E-state index in [1.54, 1.807) is 6.92 Å². The summed E-state index contributed by atoms with van der Waals surface area (Å²) in [5.74, 6) is 0.642. The molecule has 0 radical (unpaired) electrons. The van der Waals surface area contributed by atoms with Gasteiger partial charge in [-0.3, -0.25) is 4.79 Å². The third-order valence-corrected chi connectivity index (χ3v) is 3.93. The van der Waals surface area contributed by atoms with Gasteiger partial charge in [-0.25, -0.2) is 0 Å². The standard InChI is InChI=1S/C17H25NO3/c1-13-7-8-15(14(2)19)16(11-13)21-12-17(20)18-9-5-3-4-6-10-18/h7-8,11,14,19H,3-6,9-10,12H2,1-2H3/t14-/m0/s1. The van der Waals surface area contributed by atoms with Crippen molar-refractivity contribution in [2.24, 2.45) is 0 Å². The van der Waals surface area contributed by atoms with Crippen LogP contribution in [0.3, 0.4) is 0 Å². The molecule has 1 heterocycles. The van der Waals surface area contributed by atoms with Gasteiger partial charge in [0.25, 0.3) is 5.91 Å². The molecule has 21 heavy (non-hydrogen) atoms. The number of likely N-dealkylation sites (tertiary alicyclic amines) is 1. The largest absolute Gasteiger partial charge is 0.483 e. The van der Waals surface area contributed by atoms with Crippen molar-refractivity contribution in [2.45, 2.75) is 45.6 Å². The van der Waals surface area contributed by atoms with Crippen molar-refractivity contribution in [2.75, 3.05) is 19.7 Å². The fourth-order valence-electron chi connectivity index (χ4n) is 2.66. The Kier molecular flexibility index (Phi) is 5.62. The van der Waals surface area contributed by atoms with Crippen LogP contribution in [-0.2, 0) is 4.79 Å². The van der Waals surface area contributed by atoms with Crippen molar-refractivity contribution in [1.82, 2.24) is 4.90 Å². The molecule has 1 aromatic rings. The zero-order valence-electron chi connectivity index (χ0n) is 13.0. The van der Waals surface area contributed by atoms with E-state index in [0.717, 1.165) is 37.1 Å². The third kappa shape index (κ3) is 4.46. The second-order valence-corrected chi connectivity index (χ2v) is 5.80. The molecule has 1 N–H and O–H groups in total. The maximum absolute atomic E-state index is 12.2. The molecular weight excluding hydrogens is 266 g/mol. The Bertz CT molecular complexity index is 477. The van der Waals surface area contributed by atoms with Crippen molar-refractivity contribution in [3.63, 3.8) is 0 Å². The van der Waals surface area contributed by atoms with Gasteiger partial charge < -0.3 is 14.7 Å². The summed E-state index contributed by atoms with van der Waals surface area (Å²) >= 11 is 0. The van der Waals surface area contributed by atoms with E-state index in [1.807, 2.05) is 30.0 Å². The van der Waals surface area contributed by atoms with Crippen LogP contribution >= 0.6 is 0 Å². The van der Waals surface area contributed by atoms with Gasteiger partial charge in [0.05, 0.1) is 6.10 Å². The molecule has 0 aromatic heterocycles. The SMILES string of the molecule is Cc1ccc([C@H](C)O)c(OCC(=O)N2CCCCCC2)c1. The smallest absolute Gasteiger partial charge is 0.260 e. The van der Waals surface area contributed by atoms with E-state index in [4.69, 9.17) is 4.74 Å². The number of hydrogen-bond donors (Lipinski definition) is 1. The first-order chi connectivity index (χ1) is 10.1. The first-order valence-corrected chi connectivity index (χ1v) is 7.77. The number of aryl methyl sites for hydroxylation is 1. The van der Waals surface area contributed by atoms with Crippen molar-refractivity contribution >= 4 is 5.91 Å². The highest BCUT2D eigenvalue weighted by atomic mass is 16.5. The molecule has 4 heteroatoms. The molecular formula is C17H25NO3. The monoisotopic (exact) mass is 291 g/mol. The Morgan fingerprint density at radius 1 is 1.29 bits per heavy atom. The van der Waals surface area contributed by atoms with Crippen LogP contribution in [0.2, 0.25) is 0 Å². The number of rotatable bonds is 4. The average Bonchev–Trinajstić information content (AvgIpc) is 2.73. The lowest BCUT2D eigenvalue weighted by atomic mass is 10.1. The van der Waals surface area contributed by atoms with E-state index in [1.165, 1.54) is 12.8 Å². The van der Waals surface area contributed by atoms with Gasteiger partial charge in [-0.1, -0.05) is 25.0 Å². The fourth-order valence-corrected chi connectivity index (χ4v) is 2.66. The normalized spacial score (nSPS) is 17.2. The zero-order valence-corrected chi connectivity index (χ0v) is 13.0. The second-order valence-electron chi connectivity index (χ2n) is 5.80. The molecule has 0 saturated carbocycles. The Morgan fingerprint density at radius 2 is 1.95 bits per heavy atom. The number of amides is 1. The number of benzene rings is 1. The minimum atomic E-state index is -0.603. The van der Waals surface area contributed by atoms with E-state index in [2.05, 4.69) is 0 Å². The number of carbonyl (C=O) groups excluding carboxylic acids is 1. The fraction of sp³-hybridized carbons (Fsp3) is 0.588. The maximum atomic E-state index is 12.2. The van der Waals surface area contributed by atoms with E-state index in [-0.39, 0.29) is 12.5 Å². The third-order valence-electron chi connectivity index (χ3n) is 3.93. The topological polar surface area (TPSA) is 49.8 Å². The Balaban J connectivity index is 1.98. The maximum Gasteiger partial charge on any atom is 0.260 e. The van der Waals surface area contributed by atoms with Gasteiger partial charge in [-0.2, -0.15) is 0 Å². The highest BCUT2D eigenvalue weighted by molar-refractivity contribution is 5.77. The lowest BCUT2D eigenvalue weighted by Crippen LogP contribution is -2.35. The summed E-state index contributed by atoms with van der Waals surface area (Å²) in [7, 11) is 0. The average molecular weight is 291 g/mol. The number of aliphatic hydroxyl groups is 1. The summed E-state index contributed by atoms with van der Waals surface area (Å²) in [5, 5.41) is 9.77. The van der Waals surface area contributed by atoms with Gasteiger partial charge in [-0.15, -0.1) is 0 Å². The van der Waals surface area contributed by atoms with E-state index < -0.39 is 6.10 Å². The van der Waals surface area contributed by atoms with Crippen LogP contribution < -0.4 is 4.74 Å². The van der Waals surface area contributed by atoms with Crippen molar-refractivity contribution in [1.29, 1.82) is 0 Å². The van der Waals surface area contributed by atoms with Crippen LogP contribution in [0.1, 0.15) is 49.8 Å². The second kappa shape index (κ2) is 7.46. The predicted octanol–water partition coefficient (Wildman–Crippen LogP) is 2.83. The van der Waals surface area contributed by atoms with Crippen molar-refractivity contribution < 1.29 is 14.6 Å². The number of nitrogens with zero attached hydrogens (tertiary/aromatic N) is 1. The molecule has 0 bridgehead atoms. The molecule has 0 spiro atoms. The quantitative estimate of drug-likeness (QED) is 0.928. The summed E-state index contributed by atoms with van der Waals surface area (Å²) in [6.45, 7) is 5.38. The Labute approximate surface area is 126 Å². The molecule has 0 aliphatic carbocycles. The van der Waals surface area contributed by atoms with Crippen LogP contribution in [0, 0.1) is 6.92 Å². The lowest BCUT2D eigenvalue weighted by molar-refractivity contribution is -0.133. The van der Waals surface area contributed by atoms with Crippen LogP contribution in [0.5, 0.6) is 5.75 Å². The molecule has 1 saturated heterocycles. The van der Waals surface area contributed by atoms with E-state index >= 15 is 0 Å². The first-order valence-electron chi connectivity index (χ1n) is 7.77. The predicted molar refractivity (Wildman–Crippen MR) is 82.4 cm³/mol. The van der Waals surface area contributed by atoms with Crippen molar-refractivity contribution in [3.8, 4) is 5.75 Å². The van der Waals surface area contributed by atoms with Gasteiger partial charge in [0, 0.05) is 18.7 Å². The van der Waals surface area contributed by atoms with Crippen LogP contribution in [0.25, 0.3) is 0 Å². The van der Waals surface area contributed by atoms with Gasteiger partial charge >= 0.3 is 0 Å². The molecule has 1 aliphatic heterocycles. The highest BCUT2D eigenvalue weighted by Crippen LogP contribution is 2.26. The summed E-state index contributed by atoms with van der Waals surface area (Å²) in [5.41, 5.74) is 1.78. The molecule has 0 unspecified atom stereocenters. The first kappa shape index (κ1) is 15.8. The van der Waals surface area contributed by atoms with Gasteiger partial charge in [0.1, 0.15) is 5.75 Å². The molecule has 1 fully saturated rings. The summed E-state index contributed by atoms with van der Waals surface area (Å²) in [4.78, 5) is 14.1. The van der Waals surface area contributed by atoms with Crippen LogP contribution in [0.4, 0.5) is 0 Å². The molecule has 2 rings (SSSR count). The molecule has 4 nitrogen and oxygen atoms in total. The number of carbonyl (C=O) groups is 1. The highest BCUT2D eigenvalue weighted by Gasteiger charge is 2.17. The Hall–Kier alpha value is -1.55. The number of hydrogen-bond acceptors (Lipinski definition) is 3. The molecule has 116 valence electrons. The van der Waals surface area contributed by atoms with E-state index in [0.29, 0.717) is 5.75 Å².